The van der Waals surface area contributed by atoms with Gasteiger partial charge in [0.05, 0.1) is 29.5 Å². The van der Waals surface area contributed by atoms with E-state index in [1.54, 1.807) is 24.3 Å². The number of quaternary nitrogens is 1. The van der Waals surface area contributed by atoms with E-state index in [0.717, 1.165) is 41.8 Å². The van der Waals surface area contributed by atoms with E-state index >= 15 is 0 Å². The van der Waals surface area contributed by atoms with Gasteiger partial charge in [-0.3, -0.25) is 10.1 Å². The smallest absolute Gasteiger partial charge is 0.338 e. The molecule has 0 N–H and O–H groups in total. The summed E-state index contributed by atoms with van der Waals surface area (Å²) in [5, 5.41) is 10.8. The predicted molar refractivity (Wildman–Crippen MR) is 130 cm³/mol. The lowest BCUT2D eigenvalue weighted by Crippen LogP contribution is -2.41. The second-order valence-corrected chi connectivity index (χ2v) is 9.97. The average Bonchev–Trinajstić information content (AvgIpc) is 2.79. The molecule has 0 aliphatic carbocycles. The highest BCUT2D eigenvalue weighted by Crippen LogP contribution is 2.16. The van der Waals surface area contributed by atoms with Crippen LogP contribution in [0.2, 0.25) is 5.02 Å². The van der Waals surface area contributed by atoms with E-state index in [0.29, 0.717) is 17.2 Å². The van der Waals surface area contributed by atoms with Crippen LogP contribution in [0.3, 0.4) is 0 Å². The fourth-order valence-electron chi connectivity index (χ4n) is 2.96. The Labute approximate surface area is 209 Å². The molecule has 3 aromatic rings. The zero-order valence-electron chi connectivity index (χ0n) is 19.2. The minimum Gasteiger partial charge on any atom is -0.744 e. The van der Waals surface area contributed by atoms with Crippen molar-refractivity contribution in [3.63, 3.8) is 0 Å². The second kappa shape index (κ2) is 12.4. The Morgan fingerprint density at radius 3 is 2.20 bits per heavy atom. The number of nitro benzene ring substituents is 1. The van der Waals surface area contributed by atoms with Crippen molar-refractivity contribution in [2.24, 2.45) is 0 Å². The van der Waals surface area contributed by atoms with Gasteiger partial charge < -0.3 is 13.8 Å². The van der Waals surface area contributed by atoms with Gasteiger partial charge in [-0.05, 0) is 30.3 Å². The summed E-state index contributed by atoms with van der Waals surface area (Å²) in [7, 11) is -0.357. The van der Waals surface area contributed by atoms with Crippen LogP contribution in [0.15, 0.2) is 83.8 Å². The molecule has 0 atom stereocenters. The maximum absolute atomic E-state index is 11.9. The van der Waals surface area contributed by atoms with E-state index in [9.17, 15) is 27.9 Å². The van der Waals surface area contributed by atoms with Crippen LogP contribution in [-0.4, -0.2) is 55.6 Å². The molecule has 0 saturated heterocycles. The van der Waals surface area contributed by atoms with Gasteiger partial charge in [0.2, 0.25) is 0 Å². The molecule has 11 heteroatoms. The van der Waals surface area contributed by atoms with Crippen molar-refractivity contribution in [3.05, 3.63) is 105 Å². The maximum Gasteiger partial charge on any atom is 0.338 e. The number of nitro groups is 1. The number of hydrogen-bond donors (Lipinski definition) is 0. The van der Waals surface area contributed by atoms with Gasteiger partial charge in [-0.1, -0.05) is 48.0 Å². The zero-order valence-corrected chi connectivity index (χ0v) is 20.7. The van der Waals surface area contributed by atoms with Crippen LogP contribution >= 0.6 is 11.6 Å². The summed E-state index contributed by atoms with van der Waals surface area (Å²) in [5.74, 6) is -0.309. The van der Waals surface area contributed by atoms with Crippen LogP contribution in [0.4, 0.5) is 5.69 Å². The lowest BCUT2D eigenvalue weighted by atomic mass is 10.2. The molecule has 0 aliphatic rings. The van der Waals surface area contributed by atoms with Crippen LogP contribution in [0.1, 0.15) is 15.9 Å². The van der Waals surface area contributed by atoms with Crippen LogP contribution < -0.4 is 0 Å². The Hall–Kier alpha value is -3.31. The highest BCUT2D eigenvalue weighted by Gasteiger charge is 2.17. The van der Waals surface area contributed by atoms with Crippen molar-refractivity contribution in [2.45, 2.75) is 11.4 Å². The second-order valence-electron chi connectivity index (χ2n) is 8.15. The molecular weight excluding hydrogens is 496 g/mol. The summed E-state index contributed by atoms with van der Waals surface area (Å²) in [6.45, 7) is 2.05. The first-order valence-corrected chi connectivity index (χ1v) is 12.1. The van der Waals surface area contributed by atoms with E-state index in [1.165, 1.54) is 5.56 Å². The number of carbonyl (C=O) groups excluding carboxylic acids is 1. The number of halogens is 1. The van der Waals surface area contributed by atoms with Crippen molar-refractivity contribution in [1.29, 1.82) is 0 Å². The van der Waals surface area contributed by atoms with Gasteiger partial charge in [-0.25, -0.2) is 13.2 Å². The Balaban J connectivity index is 0.000000283. The number of hydrogen-bond acceptors (Lipinski definition) is 7. The topological polar surface area (TPSA) is 127 Å². The zero-order chi connectivity index (χ0) is 26.1. The monoisotopic (exact) mass is 520 g/mol. The van der Waals surface area contributed by atoms with Gasteiger partial charge in [0.1, 0.15) is 29.8 Å². The highest BCUT2D eigenvalue weighted by atomic mass is 35.5. The van der Waals surface area contributed by atoms with E-state index < -0.39 is 25.6 Å². The Bertz CT molecular complexity index is 1250. The molecule has 3 aromatic carbocycles. The average molecular weight is 521 g/mol. The fraction of sp³-hybridized carbons (Fsp3) is 0.208. The molecule has 9 nitrogen and oxygen atoms in total. The Morgan fingerprint density at radius 2 is 1.63 bits per heavy atom. The van der Waals surface area contributed by atoms with Gasteiger partial charge in [-0.15, -0.1) is 0 Å². The van der Waals surface area contributed by atoms with Gasteiger partial charge in [-0.2, -0.15) is 0 Å². The van der Waals surface area contributed by atoms with Crippen LogP contribution in [0, 0.1) is 10.1 Å². The molecule has 186 valence electrons. The normalized spacial score (nSPS) is 11.2. The first kappa shape index (κ1) is 27.9. The number of non-ortho nitro benzene ring substituents is 1. The van der Waals surface area contributed by atoms with E-state index in [4.69, 9.17) is 16.3 Å². The number of nitrogens with zero attached hydrogens (tertiary/aromatic N) is 2. The number of rotatable bonds is 8. The van der Waals surface area contributed by atoms with E-state index in [2.05, 4.69) is 26.2 Å². The van der Waals surface area contributed by atoms with Crippen LogP contribution in [0.5, 0.6) is 0 Å². The van der Waals surface area contributed by atoms with Crippen molar-refractivity contribution >= 4 is 33.4 Å². The molecule has 0 amide bonds. The van der Waals surface area contributed by atoms with Crippen molar-refractivity contribution in [1.82, 2.24) is 0 Å². The first-order valence-electron chi connectivity index (χ1n) is 10.4. The summed E-state index contributed by atoms with van der Waals surface area (Å²) in [6, 6.07) is 21.0. The maximum atomic E-state index is 11.9. The molecule has 0 saturated carbocycles. The Morgan fingerprint density at radius 1 is 1.00 bits per heavy atom. The van der Waals surface area contributed by atoms with Gasteiger partial charge >= 0.3 is 5.97 Å². The number of ether oxygens (including phenoxy) is 1. The summed E-state index contributed by atoms with van der Waals surface area (Å²) >= 11 is 5.80. The number of likely N-dealkylation sites (N-methyl/N-ethyl adjacent to an activating group) is 1. The lowest BCUT2D eigenvalue weighted by Gasteiger charge is -2.29. The third-order valence-corrected chi connectivity index (χ3v) is 5.86. The summed E-state index contributed by atoms with van der Waals surface area (Å²) in [5.41, 5.74) is 1.38. The summed E-state index contributed by atoms with van der Waals surface area (Å²) in [6.07, 6.45) is 0. The largest absolute Gasteiger partial charge is 0.744 e. The summed E-state index contributed by atoms with van der Waals surface area (Å²) < 4.78 is 37.4. The SMILES string of the molecule is C[N+](C)(CCOC(=O)c1ccc(Cl)cc1)Cc1ccccc1.O=[N+]([O-])c1cccc(S(=O)(=O)[O-])c1. The van der Waals surface area contributed by atoms with Crippen molar-refractivity contribution in [2.75, 3.05) is 27.2 Å². The molecule has 0 aliphatic heterocycles. The molecule has 0 heterocycles. The molecule has 35 heavy (non-hydrogen) atoms. The number of benzene rings is 3. The molecule has 0 aromatic heterocycles. The number of carbonyl (C=O) groups is 1. The number of esters is 1. The quantitative estimate of drug-likeness (QED) is 0.143. The highest BCUT2D eigenvalue weighted by molar-refractivity contribution is 7.85. The standard InChI is InChI=1S/C18H21ClNO2.C6H5NO5S/c1-20(2,14-15-6-4-3-5-7-15)12-13-22-18(21)16-8-10-17(19)11-9-16;8-7(9)5-2-1-3-6(4-5)13(10,11)12/h3-11H,12-14H2,1-2H3;1-4H,(H,10,11,12)/q+1;/p-1. The van der Waals surface area contributed by atoms with Gasteiger partial charge in [0, 0.05) is 22.7 Å². The molecular formula is C24H25ClN2O7S. The van der Waals surface area contributed by atoms with Crippen molar-refractivity contribution < 1.29 is 31.9 Å². The third-order valence-electron chi connectivity index (χ3n) is 4.78. The molecule has 3 rings (SSSR count). The molecule has 0 fully saturated rings. The predicted octanol–water partition coefficient (Wildman–Crippen LogP) is 4.27. The lowest BCUT2D eigenvalue weighted by molar-refractivity contribution is -0.903. The molecule has 0 radical (unpaired) electrons. The molecule has 0 spiro atoms. The van der Waals surface area contributed by atoms with Gasteiger partial charge in [0.25, 0.3) is 5.69 Å². The first-order chi connectivity index (χ1) is 16.4. The minimum atomic E-state index is -4.61. The minimum absolute atomic E-state index is 0.309. The summed E-state index contributed by atoms with van der Waals surface area (Å²) in [4.78, 5) is 20.8. The fourth-order valence-corrected chi connectivity index (χ4v) is 3.60. The van der Waals surface area contributed by atoms with Crippen LogP contribution in [-0.2, 0) is 21.4 Å². The van der Waals surface area contributed by atoms with Crippen molar-refractivity contribution in [3.8, 4) is 0 Å². The van der Waals surface area contributed by atoms with E-state index in [-0.39, 0.29) is 5.97 Å². The Kier molecular flexibility index (Phi) is 9.90. The van der Waals surface area contributed by atoms with Crippen LogP contribution in [0.25, 0.3) is 0 Å². The molecule has 0 bridgehead atoms. The van der Waals surface area contributed by atoms with Gasteiger partial charge in [0.15, 0.2) is 0 Å². The third kappa shape index (κ3) is 9.83. The molecule has 0 unspecified atom stereocenters. The van der Waals surface area contributed by atoms with E-state index in [1.807, 2.05) is 18.2 Å².